The van der Waals surface area contributed by atoms with Crippen LogP contribution in [-0.4, -0.2) is 45.8 Å². The Morgan fingerprint density at radius 3 is 3.09 bits per heavy atom. The minimum Gasteiger partial charge on any atom is -0.371 e. The van der Waals surface area contributed by atoms with Crippen molar-refractivity contribution in [3.63, 3.8) is 0 Å². The summed E-state index contributed by atoms with van der Waals surface area (Å²) in [4.78, 5) is 18.8. The van der Waals surface area contributed by atoms with E-state index < -0.39 is 0 Å². The van der Waals surface area contributed by atoms with Crippen molar-refractivity contribution in [3.8, 4) is 0 Å². The molecule has 0 bridgehead atoms. The number of ether oxygens (including phenoxy) is 1. The summed E-state index contributed by atoms with van der Waals surface area (Å²) in [5, 5.41) is 7.19. The van der Waals surface area contributed by atoms with E-state index in [0.717, 1.165) is 23.5 Å². The average molecular weight is 320 g/mol. The SMILES string of the molecule is CN(CCc1nccs1)C(=O)[C@@H]1CCO[C@H]1c1ccnn1C. The summed E-state index contributed by atoms with van der Waals surface area (Å²) >= 11 is 1.62. The summed E-state index contributed by atoms with van der Waals surface area (Å²) in [5.74, 6) is 0.0111. The molecule has 3 rings (SSSR count). The summed E-state index contributed by atoms with van der Waals surface area (Å²) in [6.45, 7) is 1.30. The van der Waals surface area contributed by atoms with Crippen molar-refractivity contribution in [1.29, 1.82) is 0 Å². The molecule has 7 heteroatoms. The van der Waals surface area contributed by atoms with E-state index in [0.29, 0.717) is 13.2 Å². The maximum absolute atomic E-state index is 12.7. The molecule has 2 aromatic heterocycles. The molecule has 1 saturated heterocycles. The molecule has 3 heterocycles. The largest absolute Gasteiger partial charge is 0.371 e. The van der Waals surface area contributed by atoms with E-state index >= 15 is 0 Å². The molecule has 22 heavy (non-hydrogen) atoms. The Balaban J connectivity index is 1.64. The normalized spacial score (nSPS) is 21.2. The fraction of sp³-hybridized carbons (Fsp3) is 0.533. The molecule has 0 unspecified atom stereocenters. The second-order valence-corrected chi connectivity index (χ2v) is 6.48. The van der Waals surface area contributed by atoms with Gasteiger partial charge in [-0.3, -0.25) is 9.48 Å². The van der Waals surface area contributed by atoms with Gasteiger partial charge in [0.05, 0.1) is 16.6 Å². The summed E-state index contributed by atoms with van der Waals surface area (Å²) < 4.78 is 7.58. The van der Waals surface area contributed by atoms with Crippen LogP contribution < -0.4 is 0 Å². The zero-order valence-corrected chi connectivity index (χ0v) is 13.6. The second-order valence-electron chi connectivity index (χ2n) is 5.50. The highest BCUT2D eigenvalue weighted by Gasteiger charge is 2.38. The van der Waals surface area contributed by atoms with Crippen LogP contribution in [0.15, 0.2) is 23.8 Å². The molecular weight excluding hydrogens is 300 g/mol. The van der Waals surface area contributed by atoms with E-state index in [1.807, 2.05) is 25.5 Å². The van der Waals surface area contributed by atoms with Gasteiger partial charge in [0.15, 0.2) is 0 Å². The fourth-order valence-corrected chi connectivity index (χ4v) is 3.44. The molecule has 1 aliphatic rings. The number of thiazole rings is 1. The fourth-order valence-electron chi connectivity index (χ4n) is 2.83. The van der Waals surface area contributed by atoms with Crippen molar-refractivity contribution >= 4 is 17.2 Å². The maximum Gasteiger partial charge on any atom is 0.228 e. The number of carbonyl (C=O) groups excluding carboxylic acids is 1. The van der Waals surface area contributed by atoms with Crippen LogP contribution in [0, 0.1) is 5.92 Å². The van der Waals surface area contributed by atoms with Gasteiger partial charge < -0.3 is 9.64 Å². The smallest absolute Gasteiger partial charge is 0.228 e. The molecule has 2 atom stereocenters. The van der Waals surface area contributed by atoms with E-state index in [2.05, 4.69) is 10.1 Å². The van der Waals surface area contributed by atoms with Crippen LogP contribution in [0.4, 0.5) is 0 Å². The van der Waals surface area contributed by atoms with Crippen LogP contribution in [-0.2, 0) is 23.0 Å². The first-order valence-electron chi connectivity index (χ1n) is 7.39. The average Bonchev–Trinajstić information content (AvgIpc) is 3.24. The number of nitrogens with zero attached hydrogens (tertiary/aromatic N) is 4. The lowest BCUT2D eigenvalue weighted by molar-refractivity contribution is -0.136. The van der Waals surface area contributed by atoms with Crippen LogP contribution >= 0.6 is 11.3 Å². The molecule has 6 nitrogen and oxygen atoms in total. The van der Waals surface area contributed by atoms with E-state index in [9.17, 15) is 4.79 Å². The second kappa shape index (κ2) is 6.58. The van der Waals surface area contributed by atoms with Crippen LogP contribution in [0.3, 0.4) is 0 Å². The lowest BCUT2D eigenvalue weighted by Crippen LogP contribution is -2.36. The Morgan fingerprint density at radius 2 is 2.41 bits per heavy atom. The number of aromatic nitrogens is 3. The highest BCUT2D eigenvalue weighted by molar-refractivity contribution is 7.09. The van der Waals surface area contributed by atoms with Gasteiger partial charge in [-0.05, 0) is 12.5 Å². The Kier molecular flexibility index (Phi) is 4.54. The molecule has 118 valence electrons. The monoisotopic (exact) mass is 320 g/mol. The highest BCUT2D eigenvalue weighted by Crippen LogP contribution is 2.35. The third-order valence-corrected chi connectivity index (χ3v) is 4.92. The molecule has 1 aliphatic heterocycles. The quantitative estimate of drug-likeness (QED) is 0.840. The van der Waals surface area contributed by atoms with Gasteiger partial charge in [-0.1, -0.05) is 0 Å². The first kappa shape index (κ1) is 15.2. The van der Waals surface area contributed by atoms with Crippen LogP contribution in [0.25, 0.3) is 0 Å². The Labute approximate surface area is 133 Å². The molecule has 0 saturated carbocycles. The topological polar surface area (TPSA) is 60.3 Å². The van der Waals surface area contributed by atoms with Gasteiger partial charge in [-0.25, -0.2) is 4.98 Å². The molecular formula is C15H20N4O2S. The molecule has 0 radical (unpaired) electrons. The van der Waals surface area contributed by atoms with E-state index in [1.54, 1.807) is 33.3 Å². The molecule has 0 aromatic carbocycles. The van der Waals surface area contributed by atoms with E-state index in [-0.39, 0.29) is 17.9 Å². The van der Waals surface area contributed by atoms with Gasteiger partial charge in [-0.15, -0.1) is 11.3 Å². The highest BCUT2D eigenvalue weighted by atomic mass is 32.1. The molecule has 1 fully saturated rings. The summed E-state index contributed by atoms with van der Waals surface area (Å²) in [5.41, 5.74) is 0.962. The number of likely N-dealkylation sites (N-methyl/N-ethyl adjacent to an activating group) is 1. The lowest BCUT2D eigenvalue weighted by atomic mass is 9.97. The van der Waals surface area contributed by atoms with E-state index in [4.69, 9.17) is 4.74 Å². The summed E-state index contributed by atoms with van der Waals surface area (Å²) in [6, 6.07) is 1.92. The molecule has 0 spiro atoms. The number of hydrogen-bond donors (Lipinski definition) is 0. The summed E-state index contributed by atoms with van der Waals surface area (Å²) in [7, 11) is 3.74. The van der Waals surface area contributed by atoms with Crippen molar-refractivity contribution in [1.82, 2.24) is 19.7 Å². The first-order chi connectivity index (χ1) is 10.7. The van der Waals surface area contributed by atoms with Crippen LogP contribution in [0.5, 0.6) is 0 Å². The van der Waals surface area contributed by atoms with Gasteiger partial charge >= 0.3 is 0 Å². The van der Waals surface area contributed by atoms with Crippen LogP contribution in [0.2, 0.25) is 0 Å². The van der Waals surface area contributed by atoms with Crippen molar-refractivity contribution in [2.75, 3.05) is 20.2 Å². The zero-order chi connectivity index (χ0) is 15.5. The lowest BCUT2D eigenvalue weighted by Gasteiger charge is -2.24. The minimum absolute atomic E-state index is 0.128. The minimum atomic E-state index is -0.192. The maximum atomic E-state index is 12.7. The van der Waals surface area contributed by atoms with Gasteiger partial charge in [-0.2, -0.15) is 5.10 Å². The van der Waals surface area contributed by atoms with Crippen molar-refractivity contribution < 1.29 is 9.53 Å². The first-order valence-corrected chi connectivity index (χ1v) is 8.27. The van der Waals surface area contributed by atoms with Gasteiger partial charge in [0, 0.05) is 51.4 Å². The zero-order valence-electron chi connectivity index (χ0n) is 12.8. The third-order valence-electron chi connectivity index (χ3n) is 4.08. The van der Waals surface area contributed by atoms with Gasteiger partial charge in [0.1, 0.15) is 6.10 Å². The number of hydrogen-bond acceptors (Lipinski definition) is 5. The Hall–Kier alpha value is -1.73. The Morgan fingerprint density at radius 1 is 1.55 bits per heavy atom. The summed E-state index contributed by atoms with van der Waals surface area (Å²) in [6.07, 6.45) is 4.90. The van der Waals surface area contributed by atoms with Gasteiger partial charge in [0.2, 0.25) is 5.91 Å². The predicted molar refractivity (Wildman–Crippen MR) is 83.5 cm³/mol. The molecule has 0 aliphatic carbocycles. The standard InChI is InChI=1S/C15H20N4O2S/c1-18(8-4-13-16-7-10-22-13)15(20)11-5-9-21-14(11)12-3-6-17-19(12)2/h3,6-7,10-11,14H,4-5,8-9H2,1-2H3/t11-,14-/m1/s1. The Bertz CT molecular complexity index is 625. The third kappa shape index (κ3) is 3.05. The molecule has 1 amide bonds. The van der Waals surface area contributed by atoms with E-state index in [1.165, 1.54) is 0 Å². The van der Waals surface area contributed by atoms with Crippen molar-refractivity contribution in [2.45, 2.75) is 18.9 Å². The predicted octanol–water partition coefficient (Wildman–Crippen LogP) is 1.66. The number of rotatable bonds is 5. The van der Waals surface area contributed by atoms with Gasteiger partial charge in [0.25, 0.3) is 0 Å². The van der Waals surface area contributed by atoms with Crippen molar-refractivity contribution in [2.24, 2.45) is 13.0 Å². The van der Waals surface area contributed by atoms with Crippen molar-refractivity contribution in [3.05, 3.63) is 34.5 Å². The molecule has 0 N–H and O–H groups in total. The number of carbonyl (C=O) groups is 1. The number of aryl methyl sites for hydroxylation is 1. The number of amides is 1. The molecule has 2 aromatic rings. The van der Waals surface area contributed by atoms with Crippen LogP contribution in [0.1, 0.15) is 23.2 Å².